The van der Waals surface area contributed by atoms with Crippen LogP contribution in [0.1, 0.15) is 6.42 Å². The van der Waals surface area contributed by atoms with E-state index in [0.717, 1.165) is 6.08 Å². The Kier molecular flexibility index (Phi) is 2.63. The number of hydrogen-bond acceptors (Lipinski definition) is 4. The van der Waals surface area contributed by atoms with Gasteiger partial charge < -0.3 is 9.84 Å². The lowest BCUT2D eigenvalue weighted by Crippen LogP contribution is -2.21. The van der Waals surface area contributed by atoms with Gasteiger partial charge in [0.1, 0.15) is 5.60 Å². The summed E-state index contributed by atoms with van der Waals surface area (Å²) < 4.78 is 4.34. The van der Waals surface area contributed by atoms with Crippen molar-refractivity contribution in [3.05, 3.63) is 24.3 Å². The molecule has 0 aromatic carbocycles. The summed E-state index contributed by atoms with van der Waals surface area (Å²) in [6, 6.07) is 0. The van der Waals surface area contributed by atoms with Crippen LogP contribution in [-0.4, -0.2) is 29.6 Å². The van der Waals surface area contributed by atoms with Crippen molar-refractivity contribution in [3.8, 4) is 0 Å². The molecule has 0 saturated carbocycles. The van der Waals surface area contributed by atoms with Crippen LogP contribution in [0.4, 0.5) is 0 Å². The molecule has 0 amide bonds. The molecule has 0 saturated heterocycles. The molecule has 70 valence electrons. The summed E-state index contributed by atoms with van der Waals surface area (Å²) in [7, 11) is 1.24. The van der Waals surface area contributed by atoms with Crippen molar-refractivity contribution in [1.29, 1.82) is 0 Å². The van der Waals surface area contributed by atoms with Crippen molar-refractivity contribution in [2.75, 3.05) is 7.11 Å². The van der Waals surface area contributed by atoms with Crippen molar-refractivity contribution in [2.45, 2.75) is 12.0 Å². The molecular weight excluding hydrogens is 172 g/mol. The minimum Gasteiger partial charge on any atom is -0.466 e. The molecular formula is C9H10O4. The summed E-state index contributed by atoms with van der Waals surface area (Å²) >= 11 is 0. The van der Waals surface area contributed by atoms with E-state index in [4.69, 9.17) is 0 Å². The SMILES string of the molecule is COC(=O)/C=C/[C@@]1(O)C=CC(=O)C1. The monoisotopic (exact) mass is 182 g/mol. The number of methoxy groups -OCH3 is 1. The van der Waals surface area contributed by atoms with E-state index >= 15 is 0 Å². The molecule has 0 spiro atoms. The largest absolute Gasteiger partial charge is 0.466 e. The van der Waals surface area contributed by atoms with Crippen LogP contribution >= 0.6 is 0 Å². The quantitative estimate of drug-likeness (QED) is 0.481. The van der Waals surface area contributed by atoms with Crippen LogP contribution in [0.2, 0.25) is 0 Å². The molecule has 0 heterocycles. The fraction of sp³-hybridized carbons (Fsp3) is 0.333. The third-order valence-corrected chi connectivity index (χ3v) is 1.72. The van der Waals surface area contributed by atoms with E-state index in [1.54, 1.807) is 0 Å². The Labute approximate surface area is 75.5 Å². The van der Waals surface area contributed by atoms with Crippen LogP contribution in [0.25, 0.3) is 0 Å². The van der Waals surface area contributed by atoms with Gasteiger partial charge in [0.05, 0.1) is 7.11 Å². The zero-order valence-electron chi connectivity index (χ0n) is 7.19. The number of ether oxygens (including phenoxy) is 1. The number of ketones is 1. The normalized spacial score (nSPS) is 27.1. The molecule has 0 aromatic heterocycles. The predicted molar refractivity (Wildman–Crippen MR) is 44.9 cm³/mol. The second kappa shape index (κ2) is 3.53. The Morgan fingerprint density at radius 3 is 2.92 bits per heavy atom. The molecule has 1 atom stereocenters. The van der Waals surface area contributed by atoms with Gasteiger partial charge in [0.25, 0.3) is 0 Å². The third kappa shape index (κ3) is 2.52. The highest BCUT2D eigenvalue weighted by atomic mass is 16.5. The second-order valence-corrected chi connectivity index (χ2v) is 2.82. The van der Waals surface area contributed by atoms with E-state index in [1.807, 2.05) is 0 Å². The van der Waals surface area contributed by atoms with Gasteiger partial charge in [0, 0.05) is 12.5 Å². The van der Waals surface area contributed by atoms with Gasteiger partial charge in [-0.05, 0) is 18.2 Å². The van der Waals surface area contributed by atoms with E-state index < -0.39 is 11.6 Å². The number of allylic oxidation sites excluding steroid dienone is 1. The summed E-state index contributed by atoms with van der Waals surface area (Å²) in [4.78, 5) is 21.4. The zero-order valence-corrected chi connectivity index (χ0v) is 7.19. The molecule has 1 rings (SSSR count). The molecule has 0 aromatic rings. The number of rotatable bonds is 2. The number of aliphatic hydroxyl groups is 1. The third-order valence-electron chi connectivity index (χ3n) is 1.72. The van der Waals surface area contributed by atoms with E-state index in [1.165, 1.54) is 25.3 Å². The van der Waals surface area contributed by atoms with Crippen LogP contribution < -0.4 is 0 Å². The summed E-state index contributed by atoms with van der Waals surface area (Å²) in [5.41, 5.74) is -1.31. The van der Waals surface area contributed by atoms with Gasteiger partial charge in [-0.15, -0.1) is 0 Å². The average Bonchev–Trinajstić information content (AvgIpc) is 2.43. The first-order chi connectivity index (χ1) is 6.06. The first kappa shape index (κ1) is 9.67. The van der Waals surface area contributed by atoms with Crippen LogP contribution in [0.3, 0.4) is 0 Å². The van der Waals surface area contributed by atoms with Crippen LogP contribution in [0.5, 0.6) is 0 Å². The minimum atomic E-state index is -1.31. The summed E-state index contributed by atoms with van der Waals surface area (Å²) in [6.07, 6.45) is 4.99. The topological polar surface area (TPSA) is 63.6 Å². The summed E-state index contributed by atoms with van der Waals surface area (Å²) in [6.45, 7) is 0. The summed E-state index contributed by atoms with van der Waals surface area (Å²) in [5, 5.41) is 9.60. The van der Waals surface area contributed by atoms with Gasteiger partial charge in [0.2, 0.25) is 0 Å². The Bertz CT molecular complexity index is 290. The Morgan fingerprint density at radius 1 is 1.77 bits per heavy atom. The molecule has 0 unspecified atom stereocenters. The molecule has 13 heavy (non-hydrogen) atoms. The Balaban J connectivity index is 2.64. The molecule has 4 heteroatoms. The molecule has 0 fully saturated rings. The van der Waals surface area contributed by atoms with E-state index in [2.05, 4.69) is 4.74 Å². The van der Waals surface area contributed by atoms with Crippen molar-refractivity contribution >= 4 is 11.8 Å². The summed E-state index contributed by atoms with van der Waals surface area (Å²) in [5.74, 6) is -0.710. The number of esters is 1. The van der Waals surface area contributed by atoms with Gasteiger partial charge in [-0.2, -0.15) is 0 Å². The van der Waals surface area contributed by atoms with Gasteiger partial charge >= 0.3 is 5.97 Å². The lowest BCUT2D eigenvalue weighted by Gasteiger charge is -2.12. The molecule has 0 bridgehead atoms. The zero-order chi connectivity index (χ0) is 9.90. The standard InChI is InChI=1S/C9H10O4/c1-13-8(11)3-5-9(12)4-2-7(10)6-9/h2-5,12H,6H2,1H3/b5-3+/t9-/m0/s1. The second-order valence-electron chi connectivity index (χ2n) is 2.82. The molecule has 1 aliphatic carbocycles. The van der Waals surface area contributed by atoms with Gasteiger partial charge in [-0.1, -0.05) is 0 Å². The molecule has 0 radical (unpaired) electrons. The lowest BCUT2D eigenvalue weighted by molar-refractivity contribution is -0.135. The minimum absolute atomic E-state index is 0.0134. The molecule has 1 N–H and O–H groups in total. The fourth-order valence-electron chi connectivity index (χ4n) is 1.03. The van der Waals surface area contributed by atoms with E-state index in [-0.39, 0.29) is 12.2 Å². The Hall–Kier alpha value is -1.42. The highest BCUT2D eigenvalue weighted by Crippen LogP contribution is 2.21. The van der Waals surface area contributed by atoms with Gasteiger partial charge in [-0.25, -0.2) is 4.79 Å². The van der Waals surface area contributed by atoms with Crippen molar-refractivity contribution in [2.24, 2.45) is 0 Å². The van der Waals surface area contributed by atoms with Crippen LogP contribution in [-0.2, 0) is 14.3 Å². The fourth-order valence-corrected chi connectivity index (χ4v) is 1.03. The number of carbonyl (C=O) groups is 2. The maximum absolute atomic E-state index is 10.8. The maximum Gasteiger partial charge on any atom is 0.330 e. The predicted octanol–water partition coefficient (Wildman–Crippen LogP) is -0.0243. The first-order valence-corrected chi connectivity index (χ1v) is 3.77. The first-order valence-electron chi connectivity index (χ1n) is 3.77. The average molecular weight is 182 g/mol. The smallest absolute Gasteiger partial charge is 0.330 e. The van der Waals surface area contributed by atoms with Gasteiger partial charge in [0.15, 0.2) is 5.78 Å². The highest BCUT2D eigenvalue weighted by Gasteiger charge is 2.28. The molecule has 1 aliphatic rings. The van der Waals surface area contributed by atoms with Crippen LogP contribution in [0.15, 0.2) is 24.3 Å². The number of carbonyl (C=O) groups excluding carboxylic acids is 2. The van der Waals surface area contributed by atoms with E-state index in [0.29, 0.717) is 0 Å². The number of hydrogen-bond donors (Lipinski definition) is 1. The highest BCUT2D eigenvalue weighted by molar-refractivity contribution is 5.94. The molecule has 0 aliphatic heterocycles. The van der Waals surface area contributed by atoms with Crippen LogP contribution in [0, 0.1) is 0 Å². The molecule has 4 nitrogen and oxygen atoms in total. The lowest BCUT2D eigenvalue weighted by atomic mass is 10.0. The van der Waals surface area contributed by atoms with Gasteiger partial charge in [-0.3, -0.25) is 4.79 Å². The Morgan fingerprint density at radius 2 is 2.46 bits per heavy atom. The van der Waals surface area contributed by atoms with Crippen molar-refractivity contribution in [1.82, 2.24) is 0 Å². The maximum atomic E-state index is 10.8. The van der Waals surface area contributed by atoms with Crippen molar-refractivity contribution < 1.29 is 19.4 Å². The van der Waals surface area contributed by atoms with Crippen molar-refractivity contribution in [3.63, 3.8) is 0 Å². The van der Waals surface area contributed by atoms with E-state index in [9.17, 15) is 14.7 Å².